The van der Waals surface area contributed by atoms with Crippen molar-refractivity contribution in [3.63, 3.8) is 0 Å². The molecule has 1 fully saturated rings. The summed E-state index contributed by atoms with van der Waals surface area (Å²) in [6.07, 6.45) is 4.56. The summed E-state index contributed by atoms with van der Waals surface area (Å²) in [5.41, 5.74) is 1.66. The fourth-order valence-corrected chi connectivity index (χ4v) is 2.87. The van der Waals surface area contributed by atoms with E-state index in [1.54, 1.807) is 13.0 Å². The smallest absolute Gasteiger partial charge is 0.242 e. The third-order valence-corrected chi connectivity index (χ3v) is 4.46. The lowest BCUT2D eigenvalue weighted by Gasteiger charge is -2.19. The number of halogens is 2. The summed E-state index contributed by atoms with van der Waals surface area (Å²) in [4.78, 5) is 4.51. The molecule has 1 aromatic heterocycles. The lowest BCUT2D eigenvalue weighted by atomic mass is 9.99. The van der Waals surface area contributed by atoms with Crippen LogP contribution in [0.2, 0.25) is 0 Å². The van der Waals surface area contributed by atoms with Crippen molar-refractivity contribution in [2.24, 2.45) is 5.92 Å². The van der Waals surface area contributed by atoms with E-state index in [1.807, 2.05) is 23.7 Å². The topological polar surface area (TPSA) is 42.7 Å². The fraction of sp³-hybridized carbons (Fsp3) is 0.556. The molecule has 0 bridgehead atoms. The summed E-state index contributed by atoms with van der Waals surface area (Å²) in [7, 11) is 0. The van der Waals surface area contributed by atoms with E-state index < -0.39 is 0 Å². The van der Waals surface area contributed by atoms with Crippen LogP contribution < -0.4 is 5.32 Å². The van der Waals surface area contributed by atoms with Crippen LogP contribution in [-0.2, 0) is 0 Å². The quantitative estimate of drug-likeness (QED) is 0.787. The predicted octanol–water partition coefficient (Wildman–Crippen LogP) is 4.67. The van der Waals surface area contributed by atoms with Gasteiger partial charge in [-0.2, -0.15) is 4.98 Å². The Morgan fingerprint density at radius 2 is 2.08 bits per heavy atom. The molecule has 0 amide bonds. The molecule has 1 N–H and O–H groups in total. The number of anilines is 1. The zero-order chi connectivity index (χ0) is 16.4. The monoisotopic (exact) mass is 352 g/mol. The number of nitrogens with zero attached hydrogens (tertiary/aromatic N) is 3. The van der Waals surface area contributed by atoms with Gasteiger partial charge in [-0.05, 0) is 49.8 Å². The molecule has 0 aliphatic heterocycles. The van der Waals surface area contributed by atoms with Crippen LogP contribution in [0.1, 0.15) is 55.6 Å². The van der Waals surface area contributed by atoms with E-state index in [0.717, 1.165) is 36.7 Å². The summed E-state index contributed by atoms with van der Waals surface area (Å²) in [5, 5.41) is 7.86. The molecule has 2 aromatic rings. The van der Waals surface area contributed by atoms with Gasteiger partial charge in [0.1, 0.15) is 11.6 Å². The molecular weight excluding hydrogens is 327 g/mol. The van der Waals surface area contributed by atoms with E-state index in [0.29, 0.717) is 11.5 Å². The molecule has 0 radical (unpaired) electrons. The van der Waals surface area contributed by atoms with Crippen molar-refractivity contribution in [1.29, 1.82) is 0 Å². The molecule has 0 unspecified atom stereocenters. The minimum absolute atomic E-state index is 0. The third kappa shape index (κ3) is 4.26. The third-order valence-electron chi connectivity index (χ3n) is 4.46. The number of rotatable bonds is 7. The van der Waals surface area contributed by atoms with E-state index >= 15 is 0 Å². The highest BCUT2D eigenvalue weighted by molar-refractivity contribution is 5.85. The number of aryl methyl sites for hydroxylation is 2. The van der Waals surface area contributed by atoms with Crippen LogP contribution in [0.4, 0.5) is 10.3 Å². The van der Waals surface area contributed by atoms with E-state index in [-0.39, 0.29) is 24.3 Å². The Morgan fingerprint density at radius 3 is 2.71 bits per heavy atom. The van der Waals surface area contributed by atoms with Gasteiger partial charge in [0.25, 0.3) is 0 Å². The van der Waals surface area contributed by atoms with Crippen molar-refractivity contribution in [3.05, 3.63) is 41.0 Å². The standard InChI is InChI=1S/C18H25FN4.ClH/c1-4-9-20-18-21-13(3)23(22-18)17(10-14-6-7-14)15-8-5-12(2)16(19)11-15;/h5,8,11,14,17H,4,6-7,9-10H2,1-3H3,(H,20,22);1H/t17-;/m0./s1. The maximum Gasteiger partial charge on any atom is 0.242 e. The summed E-state index contributed by atoms with van der Waals surface area (Å²) >= 11 is 0. The van der Waals surface area contributed by atoms with Gasteiger partial charge in [-0.3, -0.25) is 0 Å². The Bertz CT molecular complexity index is 682. The van der Waals surface area contributed by atoms with Gasteiger partial charge in [-0.15, -0.1) is 17.5 Å². The lowest BCUT2D eigenvalue weighted by molar-refractivity contribution is 0.451. The van der Waals surface area contributed by atoms with Gasteiger partial charge in [-0.1, -0.05) is 31.9 Å². The van der Waals surface area contributed by atoms with E-state index in [4.69, 9.17) is 0 Å². The number of hydrogen-bond donors (Lipinski definition) is 1. The molecule has 6 heteroatoms. The number of hydrogen-bond acceptors (Lipinski definition) is 3. The van der Waals surface area contributed by atoms with E-state index in [2.05, 4.69) is 22.3 Å². The molecular formula is C18H26ClFN4. The van der Waals surface area contributed by atoms with Gasteiger partial charge >= 0.3 is 0 Å². The first kappa shape index (κ1) is 18.7. The second-order valence-electron chi connectivity index (χ2n) is 6.56. The van der Waals surface area contributed by atoms with Crippen LogP contribution in [0, 0.1) is 25.6 Å². The average Bonchev–Trinajstić information content (AvgIpc) is 3.28. The van der Waals surface area contributed by atoms with Crippen molar-refractivity contribution in [2.75, 3.05) is 11.9 Å². The van der Waals surface area contributed by atoms with Crippen LogP contribution in [0.15, 0.2) is 18.2 Å². The maximum absolute atomic E-state index is 14.0. The Kier molecular flexibility index (Phi) is 6.21. The molecule has 0 saturated heterocycles. The van der Waals surface area contributed by atoms with Crippen molar-refractivity contribution in [3.8, 4) is 0 Å². The molecule has 132 valence electrons. The summed E-state index contributed by atoms with van der Waals surface area (Å²) < 4.78 is 16.0. The normalized spacial score (nSPS) is 15.0. The van der Waals surface area contributed by atoms with Gasteiger partial charge in [-0.25, -0.2) is 9.07 Å². The molecule has 4 nitrogen and oxygen atoms in total. The molecule has 1 heterocycles. The minimum atomic E-state index is -0.148. The molecule has 1 aromatic carbocycles. The molecule has 1 atom stereocenters. The Labute approximate surface area is 149 Å². The summed E-state index contributed by atoms with van der Waals surface area (Å²) in [5.74, 6) is 2.11. The zero-order valence-corrected chi connectivity index (χ0v) is 15.4. The zero-order valence-electron chi connectivity index (χ0n) is 14.6. The second kappa shape index (κ2) is 7.97. The molecule has 0 spiro atoms. The van der Waals surface area contributed by atoms with Crippen LogP contribution in [0.25, 0.3) is 0 Å². The van der Waals surface area contributed by atoms with Gasteiger partial charge in [0.15, 0.2) is 0 Å². The van der Waals surface area contributed by atoms with Crippen molar-refractivity contribution >= 4 is 18.4 Å². The first-order valence-corrected chi connectivity index (χ1v) is 8.51. The van der Waals surface area contributed by atoms with Gasteiger partial charge in [0.05, 0.1) is 6.04 Å². The lowest BCUT2D eigenvalue weighted by Crippen LogP contribution is -2.15. The average molecular weight is 353 g/mol. The highest BCUT2D eigenvalue weighted by Crippen LogP contribution is 2.39. The largest absolute Gasteiger partial charge is 0.353 e. The van der Waals surface area contributed by atoms with Crippen molar-refractivity contribution in [2.45, 2.75) is 52.5 Å². The Balaban J connectivity index is 0.00000208. The van der Waals surface area contributed by atoms with Gasteiger partial charge in [0.2, 0.25) is 5.95 Å². The van der Waals surface area contributed by atoms with Crippen LogP contribution in [0.5, 0.6) is 0 Å². The minimum Gasteiger partial charge on any atom is -0.353 e. The van der Waals surface area contributed by atoms with Crippen LogP contribution >= 0.6 is 12.4 Å². The van der Waals surface area contributed by atoms with E-state index in [9.17, 15) is 4.39 Å². The molecule has 3 rings (SSSR count). The first-order chi connectivity index (χ1) is 11.1. The highest BCUT2D eigenvalue weighted by Gasteiger charge is 2.29. The number of aromatic nitrogens is 3. The van der Waals surface area contributed by atoms with E-state index in [1.165, 1.54) is 12.8 Å². The summed E-state index contributed by atoms with van der Waals surface area (Å²) in [6.45, 7) is 6.73. The van der Waals surface area contributed by atoms with Crippen molar-refractivity contribution < 1.29 is 4.39 Å². The SMILES string of the molecule is CCCNc1nc(C)n([C@@H](CC2CC2)c2ccc(C)c(F)c2)n1.Cl. The summed E-state index contributed by atoms with van der Waals surface area (Å²) in [6, 6.07) is 5.59. The number of nitrogens with one attached hydrogen (secondary N) is 1. The highest BCUT2D eigenvalue weighted by atomic mass is 35.5. The first-order valence-electron chi connectivity index (χ1n) is 8.51. The van der Waals surface area contributed by atoms with Crippen LogP contribution in [0.3, 0.4) is 0 Å². The van der Waals surface area contributed by atoms with Gasteiger partial charge in [0, 0.05) is 6.54 Å². The van der Waals surface area contributed by atoms with Crippen molar-refractivity contribution in [1.82, 2.24) is 14.8 Å². The molecule has 1 aliphatic rings. The molecule has 1 saturated carbocycles. The fourth-order valence-electron chi connectivity index (χ4n) is 2.87. The second-order valence-corrected chi connectivity index (χ2v) is 6.56. The molecule has 1 aliphatic carbocycles. The van der Waals surface area contributed by atoms with Gasteiger partial charge < -0.3 is 5.32 Å². The van der Waals surface area contributed by atoms with Crippen LogP contribution in [-0.4, -0.2) is 21.3 Å². The molecule has 24 heavy (non-hydrogen) atoms. The number of benzene rings is 1. The Hall–Kier alpha value is -1.62. The maximum atomic E-state index is 14.0. The Morgan fingerprint density at radius 1 is 1.33 bits per heavy atom. The predicted molar refractivity (Wildman–Crippen MR) is 97.4 cm³/mol.